The third kappa shape index (κ3) is 15.0. The molecular formula is C24H46N2O9S2. The van der Waals surface area contributed by atoms with Crippen LogP contribution in [0.2, 0.25) is 0 Å². The Bertz CT molecular complexity index is 879. The Morgan fingerprint density at radius 3 is 1.76 bits per heavy atom. The van der Waals surface area contributed by atoms with Crippen LogP contribution in [0.25, 0.3) is 0 Å². The summed E-state index contributed by atoms with van der Waals surface area (Å²) in [7, 11) is -9.87. The fourth-order valence-corrected chi connectivity index (χ4v) is 5.93. The van der Waals surface area contributed by atoms with Crippen LogP contribution in [0, 0.1) is 0 Å². The van der Waals surface area contributed by atoms with E-state index in [0.717, 1.165) is 51.4 Å². The van der Waals surface area contributed by atoms with Crippen LogP contribution in [0.1, 0.15) is 104 Å². The van der Waals surface area contributed by atoms with Gasteiger partial charge in [-0.25, -0.2) is 8.37 Å². The molecule has 13 heteroatoms. The molecule has 2 amide bonds. The fraction of sp³-hybridized carbons (Fsp3) is 0.917. The van der Waals surface area contributed by atoms with Gasteiger partial charge in [0.05, 0.1) is 12.7 Å². The lowest BCUT2D eigenvalue weighted by atomic mass is 10.1. The van der Waals surface area contributed by atoms with Crippen LogP contribution in [0.3, 0.4) is 0 Å². The number of nitrogens with zero attached hydrogens (tertiary/aromatic N) is 2. The van der Waals surface area contributed by atoms with Crippen LogP contribution in [0.4, 0.5) is 0 Å². The first-order chi connectivity index (χ1) is 17.5. The van der Waals surface area contributed by atoms with E-state index in [4.69, 9.17) is 4.18 Å². The summed E-state index contributed by atoms with van der Waals surface area (Å²) >= 11 is 0. The summed E-state index contributed by atoms with van der Waals surface area (Å²) in [5.74, 6) is -0.335. The Morgan fingerprint density at radius 2 is 1.22 bits per heavy atom. The molecule has 1 atom stereocenters. The zero-order chi connectivity index (χ0) is 27.7. The van der Waals surface area contributed by atoms with Gasteiger partial charge in [0.15, 0.2) is 0 Å². The summed E-state index contributed by atoms with van der Waals surface area (Å²) in [5, 5.41) is 0. The summed E-state index contributed by atoms with van der Waals surface area (Å²) in [6.45, 7) is 5.57. The quantitative estimate of drug-likeness (QED) is 0.304. The first kappa shape index (κ1) is 33.7. The summed E-state index contributed by atoms with van der Waals surface area (Å²) in [6.07, 6.45) is 9.47. The highest BCUT2D eigenvalue weighted by atomic mass is 32.3. The normalized spacial score (nSPS) is 21.0. The molecule has 0 bridgehead atoms. The van der Waals surface area contributed by atoms with Crippen molar-refractivity contribution in [3.8, 4) is 0 Å². The summed E-state index contributed by atoms with van der Waals surface area (Å²) in [4.78, 5) is 28.9. The van der Waals surface area contributed by atoms with Crippen molar-refractivity contribution in [3.63, 3.8) is 0 Å². The molecule has 1 saturated heterocycles. The van der Waals surface area contributed by atoms with Gasteiger partial charge in [0.25, 0.3) is 0 Å². The molecule has 0 aliphatic carbocycles. The smallest absolute Gasteiger partial charge is 0.339 e. The third-order valence-electron chi connectivity index (χ3n) is 6.22. The Hall–Kier alpha value is -1.28. The lowest BCUT2D eigenvalue weighted by Gasteiger charge is -2.30. The summed E-state index contributed by atoms with van der Waals surface area (Å²) < 4.78 is 62.2. The standard InChI is InChI=1S/C24H46N2O9S2/c1-4-7-9-11-13-15-23(27)25-17-18-26(24(28)16-14-12-10-8-5-2)21-22(6-3)34-37(31,32)35-36(29,30)33-20-19-25/h22H,4-21H2,1-3H3. The van der Waals surface area contributed by atoms with E-state index < -0.39 is 33.5 Å². The van der Waals surface area contributed by atoms with Gasteiger partial charge in [-0.15, -0.1) is 3.63 Å². The van der Waals surface area contributed by atoms with E-state index in [1.165, 1.54) is 9.80 Å². The summed E-state index contributed by atoms with van der Waals surface area (Å²) in [5.41, 5.74) is 0. The van der Waals surface area contributed by atoms with Crippen molar-refractivity contribution in [1.82, 2.24) is 9.80 Å². The average Bonchev–Trinajstić information content (AvgIpc) is 2.83. The van der Waals surface area contributed by atoms with Gasteiger partial charge >= 0.3 is 20.8 Å². The van der Waals surface area contributed by atoms with E-state index in [0.29, 0.717) is 25.7 Å². The highest BCUT2D eigenvalue weighted by Gasteiger charge is 2.31. The molecule has 0 saturated carbocycles. The molecule has 0 spiro atoms. The van der Waals surface area contributed by atoms with Gasteiger partial charge in [-0.3, -0.25) is 9.59 Å². The Labute approximate surface area is 223 Å². The predicted molar refractivity (Wildman–Crippen MR) is 140 cm³/mol. The molecule has 1 aliphatic rings. The molecule has 1 heterocycles. The molecule has 0 aromatic carbocycles. The van der Waals surface area contributed by atoms with Crippen molar-refractivity contribution in [2.24, 2.45) is 0 Å². The average molecular weight is 571 g/mol. The number of unbranched alkanes of at least 4 members (excludes halogenated alkanes) is 8. The first-order valence-corrected chi connectivity index (χ1v) is 16.3. The molecular weight excluding hydrogens is 524 g/mol. The lowest BCUT2D eigenvalue weighted by Crippen LogP contribution is -2.45. The molecule has 11 nitrogen and oxygen atoms in total. The SMILES string of the molecule is CCCCCCCC(=O)N1CCOS(=O)(=O)OS(=O)(=O)OC(CC)CN(C(=O)CCCCCCC)CC1. The maximum Gasteiger partial charge on any atom is 0.416 e. The zero-order valence-electron chi connectivity index (χ0n) is 22.7. The molecule has 1 aliphatic heterocycles. The van der Waals surface area contributed by atoms with Crippen LogP contribution < -0.4 is 0 Å². The number of carbonyl (C=O) groups is 2. The molecule has 1 unspecified atom stereocenters. The van der Waals surface area contributed by atoms with Gasteiger partial charge < -0.3 is 9.80 Å². The van der Waals surface area contributed by atoms with Crippen LogP contribution in [0.15, 0.2) is 0 Å². The van der Waals surface area contributed by atoms with Crippen molar-refractivity contribution in [3.05, 3.63) is 0 Å². The van der Waals surface area contributed by atoms with E-state index in [-0.39, 0.29) is 44.4 Å². The first-order valence-electron chi connectivity index (χ1n) is 13.6. The Kier molecular flexibility index (Phi) is 16.5. The molecule has 218 valence electrons. The van der Waals surface area contributed by atoms with E-state index >= 15 is 0 Å². The van der Waals surface area contributed by atoms with E-state index in [9.17, 15) is 26.4 Å². The Morgan fingerprint density at radius 1 is 0.703 bits per heavy atom. The minimum absolute atomic E-state index is 0.0766. The Balaban J connectivity index is 3.02. The maximum atomic E-state index is 13.1. The van der Waals surface area contributed by atoms with Crippen LogP contribution in [-0.2, 0) is 42.4 Å². The van der Waals surface area contributed by atoms with Gasteiger partial charge in [-0.2, -0.15) is 16.8 Å². The molecule has 0 aromatic heterocycles. The largest absolute Gasteiger partial charge is 0.416 e. The minimum atomic E-state index is -4.95. The number of hydrogen-bond acceptors (Lipinski definition) is 9. The van der Waals surface area contributed by atoms with Crippen molar-refractivity contribution in [2.75, 3.05) is 32.8 Å². The van der Waals surface area contributed by atoms with Gasteiger partial charge in [-0.1, -0.05) is 72.1 Å². The lowest BCUT2D eigenvalue weighted by molar-refractivity contribution is -0.136. The monoisotopic (exact) mass is 570 g/mol. The number of rotatable bonds is 13. The van der Waals surface area contributed by atoms with Crippen LogP contribution in [-0.4, -0.2) is 77.3 Å². The number of amides is 2. The van der Waals surface area contributed by atoms with E-state index in [1.807, 2.05) is 0 Å². The number of hydrogen-bond donors (Lipinski definition) is 0. The second kappa shape index (κ2) is 18.1. The molecule has 37 heavy (non-hydrogen) atoms. The third-order valence-corrected chi connectivity index (χ3v) is 8.52. The van der Waals surface area contributed by atoms with Crippen molar-refractivity contribution < 1.29 is 38.4 Å². The van der Waals surface area contributed by atoms with Crippen LogP contribution in [0.5, 0.6) is 0 Å². The molecule has 1 rings (SSSR count). The van der Waals surface area contributed by atoms with Gasteiger partial charge in [0.1, 0.15) is 0 Å². The number of carbonyl (C=O) groups excluding carboxylic acids is 2. The van der Waals surface area contributed by atoms with Crippen molar-refractivity contribution in [1.29, 1.82) is 0 Å². The highest BCUT2D eigenvalue weighted by molar-refractivity contribution is 7.95. The van der Waals surface area contributed by atoms with Gasteiger partial charge in [0.2, 0.25) is 11.8 Å². The fourth-order valence-electron chi connectivity index (χ4n) is 4.02. The van der Waals surface area contributed by atoms with Crippen molar-refractivity contribution >= 4 is 32.6 Å². The highest BCUT2D eigenvalue weighted by Crippen LogP contribution is 2.15. The molecule has 1 fully saturated rings. The minimum Gasteiger partial charge on any atom is -0.339 e. The molecule has 0 aromatic rings. The maximum absolute atomic E-state index is 13.1. The van der Waals surface area contributed by atoms with Crippen molar-refractivity contribution in [2.45, 2.75) is 110 Å². The van der Waals surface area contributed by atoms with Crippen LogP contribution >= 0.6 is 0 Å². The predicted octanol–water partition coefficient (Wildman–Crippen LogP) is 3.70. The van der Waals surface area contributed by atoms with Gasteiger partial charge in [0, 0.05) is 39.0 Å². The topological polar surface area (TPSA) is 137 Å². The molecule has 0 N–H and O–H groups in total. The van der Waals surface area contributed by atoms with E-state index in [2.05, 4.69) is 21.7 Å². The zero-order valence-corrected chi connectivity index (χ0v) is 24.3. The molecule has 0 radical (unpaired) electrons. The van der Waals surface area contributed by atoms with E-state index in [1.54, 1.807) is 6.92 Å². The second-order valence-electron chi connectivity index (χ2n) is 9.38. The van der Waals surface area contributed by atoms with Gasteiger partial charge in [-0.05, 0) is 19.3 Å². The second-order valence-corrected chi connectivity index (χ2v) is 12.0. The summed E-state index contributed by atoms with van der Waals surface area (Å²) in [6, 6.07) is 0.